The Balaban J connectivity index is 1.59. The molecule has 1 aliphatic heterocycles. The number of aliphatic hydroxyl groups is 1. The number of aliphatic hydroxyl groups excluding tert-OH is 1. The third-order valence-electron chi connectivity index (χ3n) is 3.37. The number of para-hydroxylation sites is 1. The monoisotopic (exact) mass is 327 g/mol. The molecule has 0 bridgehead atoms. The zero-order chi connectivity index (χ0) is 16.0. The number of hydrogen-bond donors (Lipinski definition) is 4. The first-order valence-corrected chi connectivity index (χ1v) is 8.96. The van der Waals surface area contributed by atoms with E-state index in [1.165, 1.54) is 0 Å². The average molecular weight is 327 g/mol. The highest BCUT2D eigenvalue weighted by atomic mass is 32.2. The van der Waals surface area contributed by atoms with Crippen LogP contribution >= 0.6 is 0 Å². The van der Waals surface area contributed by atoms with Crippen molar-refractivity contribution in [1.29, 1.82) is 0 Å². The van der Waals surface area contributed by atoms with Crippen LogP contribution in [-0.4, -0.2) is 62.7 Å². The summed E-state index contributed by atoms with van der Waals surface area (Å²) >= 11 is 0. The summed E-state index contributed by atoms with van der Waals surface area (Å²) in [5.41, 5.74) is 0.742. The van der Waals surface area contributed by atoms with Crippen molar-refractivity contribution in [3.63, 3.8) is 0 Å². The molecule has 0 spiro atoms. The lowest BCUT2D eigenvalue weighted by atomic mass is 10.2. The Bertz CT molecular complexity index is 591. The van der Waals surface area contributed by atoms with E-state index in [1.807, 2.05) is 18.2 Å². The second-order valence-corrected chi connectivity index (χ2v) is 7.45. The summed E-state index contributed by atoms with van der Waals surface area (Å²) in [5.74, 6) is -0.366. The summed E-state index contributed by atoms with van der Waals surface area (Å²) < 4.78 is 22.7. The van der Waals surface area contributed by atoms with Crippen LogP contribution in [0.3, 0.4) is 0 Å². The van der Waals surface area contributed by atoms with Gasteiger partial charge in [0.05, 0.1) is 24.2 Å². The molecule has 4 N–H and O–H groups in total. The molecule has 1 heterocycles. The molecule has 7 nitrogen and oxygen atoms in total. The molecule has 1 amide bonds. The SMILES string of the molecule is O=C(CNCCNC1CS(=O)(=O)CC1O)Nc1ccccc1. The second kappa shape index (κ2) is 7.68. The van der Waals surface area contributed by atoms with Crippen LogP contribution in [0.4, 0.5) is 5.69 Å². The van der Waals surface area contributed by atoms with Crippen LogP contribution in [0.1, 0.15) is 0 Å². The van der Waals surface area contributed by atoms with Gasteiger partial charge < -0.3 is 21.1 Å². The van der Waals surface area contributed by atoms with Crippen LogP contribution in [0.15, 0.2) is 30.3 Å². The van der Waals surface area contributed by atoms with Gasteiger partial charge in [-0.25, -0.2) is 8.42 Å². The van der Waals surface area contributed by atoms with Crippen LogP contribution in [-0.2, 0) is 14.6 Å². The maximum absolute atomic E-state index is 11.7. The van der Waals surface area contributed by atoms with Gasteiger partial charge in [-0.15, -0.1) is 0 Å². The van der Waals surface area contributed by atoms with Gasteiger partial charge in [-0.3, -0.25) is 4.79 Å². The van der Waals surface area contributed by atoms with Gasteiger partial charge in [0, 0.05) is 24.8 Å². The van der Waals surface area contributed by atoms with Gasteiger partial charge in [-0.05, 0) is 12.1 Å². The maximum atomic E-state index is 11.7. The fraction of sp³-hybridized carbons (Fsp3) is 0.500. The second-order valence-electron chi connectivity index (χ2n) is 5.30. The Morgan fingerprint density at radius 2 is 1.91 bits per heavy atom. The smallest absolute Gasteiger partial charge is 0.238 e. The van der Waals surface area contributed by atoms with E-state index >= 15 is 0 Å². The fourth-order valence-corrected chi connectivity index (χ4v) is 4.07. The Morgan fingerprint density at radius 3 is 2.55 bits per heavy atom. The quantitative estimate of drug-likeness (QED) is 0.477. The standard InChI is InChI=1S/C14H21N3O4S/c18-13-10-22(20,21)9-12(13)16-7-6-15-8-14(19)17-11-4-2-1-3-5-11/h1-5,12-13,15-16,18H,6-10H2,(H,17,19). The predicted octanol–water partition coefficient (Wildman–Crippen LogP) is -1.04. The average Bonchev–Trinajstić information content (AvgIpc) is 2.72. The van der Waals surface area contributed by atoms with Crippen LogP contribution < -0.4 is 16.0 Å². The number of hydrogen-bond acceptors (Lipinski definition) is 6. The van der Waals surface area contributed by atoms with E-state index in [2.05, 4.69) is 16.0 Å². The zero-order valence-corrected chi connectivity index (χ0v) is 13.0. The van der Waals surface area contributed by atoms with Gasteiger partial charge >= 0.3 is 0 Å². The van der Waals surface area contributed by atoms with Gasteiger partial charge in [0.25, 0.3) is 0 Å². The molecule has 1 aliphatic rings. The normalized spacial score (nSPS) is 23.3. The summed E-state index contributed by atoms with van der Waals surface area (Å²) in [6.45, 7) is 1.16. The molecule has 0 radical (unpaired) electrons. The molecule has 1 fully saturated rings. The lowest BCUT2D eigenvalue weighted by molar-refractivity contribution is -0.115. The lowest BCUT2D eigenvalue weighted by Crippen LogP contribution is -2.42. The van der Waals surface area contributed by atoms with Crippen molar-refractivity contribution in [2.24, 2.45) is 0 Å². The van der Waals surface area contributed by atoms with Crippen molar-refractivity contribution in [3.05, 3.63) is 30.3 Å². The molecule has 22 heavy (non-hydrogen) atoms. The first-order valence-electron chi connectivity index (χ1n) is 7.14. The highest BCUT2D eigenvalue weighted by molar-refractivity contribution is 7.91. The van der Waals surface area contributed by atoms with Crippen molar-refractivity contribution < 1.29 is 18.3 Å². The molecule has 0 aliphatic carbocycles. The van der Waals surface area contributed by atoms with Gasteiger partial charge in [0.15, 0.2) is 9.84 Å². The van der Waals surface area contributed by atoms with E-state index in [0.717, 1.165) is 5.69 Å². The summed E-state index contributed by atoms with van der Waals surface area (Å²) in [5, 5.41) is 18.3. The number of sulfone groups is 1. The summed E-state index contributed by atoms with van der Waals surface area (Å²) in [4.78, 5) is 11.7. The molecule has 1 saturated heterocycles. The third kappa shape index (κ3) is 5.38. The molecule has 2 rings (SSSR count). The number of rotatable bonds is 7. The van der Waals surface area contributed by atoms with Crippen molar-refractivity contribution in [2.45, 2.75) is 12.1 Å². The van der Waals surface area contributed by atoms with E-state index in [-0.39, 0.29) is 24.0 Å². The number of amides is 1. The topological polar surface area (TPSA) is 108 Å². The molecular formula is C14H21N3O4S. The Labute approximate surface area is 130 Å². The minimum Gasteiger partial charge on any atom is -0.390 e. The summed E-state index contributed by atoms with van der Waals surface area (Å²) in [6, 6.07) is 8.74. The van der Waals surface area contributed by atoms with E-state index in [1.54, 1.807) is 12.1 Å². The van der Waals surface area contributed by atoms with Crippen LogP contribution in [0.25, 0.3) is 0 Å². The van der Waals surface area contributed by atoms with E-state index in [9.17, 15) is 18.3 Å². The van der Waals surface area contributed by atoms with Gasteiger partial charge in [0.1, 0.15) is 0 Å². The van der Waals surface area contributed by atoms with Crippen molar-refractivity contribution in [3.8, 4) is 0 Å². The molecule has 2 unspecified atom stereocenters. The minimum atomic E-state index is -3.13. The van der Waals surface area contributed by atoms with Gasteiger partial charge in [-0.1, -0.05) is 18.2 Å². The Morgan fingerprint density at radius 1 is 1.18 bits per heavy atom. The zero-order valence-electron chi connectivity index (χ0n) is 12.2. The van der Waals surface area contributed by atoms with Crippen molar-refractivity contribution >= 4 is 21.4 Å². The predicted molar refractivity (Wildman–Crippen MR) is 84.4 cm³/mol. The number of carbonyl (C=O) groups is 1. The van der Waals surface area contributed by atoms with E-state index in [0.29, 0.717) is 13.1 Å². The molecule has 1 aromatic carbocycles. The minimum absolute atomic E-state index is 0.0390. The third-order valence-corrected chi connectivity index (χ3v) is 5.09. The molecule has 8 heteroatoms. The summed E-state index contributed by atoms with van der Waals surface area (Å²) in [7, 11) is -3.13. The summed E-state index contributed by atoms with van der Waals surface area (Å²) in [6.07, 6.45) is -0.855. The first-order chi connectivity index (χ1) is 10.5. The van der Waals surface area contributed by atoms with E-state index < -0.39 is 22.0 Å². The van der Waals surface area contributed by atoms with Crippen LogP contribution in [0, 0.1) is 0 Å². The molecule has 0 saturated carbocycles. The van der Waals surface area contributed by atoms with E-state index in [4.69, 9.17) is 0 Å². The number of nitrogens with one attached hydrogen (secondary N) is 3. The van der Waals surface area contributed by atoms with Gasteiger partial charge in [-0.2, -0.15) is 0 Å². The largest absolute Gasteiger partial charge is 0.390 e. The molecule has 2 atom stereocenters. The number of anilines is 1. The molecule has 0 aromatic heterocycles. The van der Waals surface area contributed by atoms with Crippen LogP contribution in [0.5, 0.6) is 0 Å². The van der Waals surface area contributed by atoms with Crippen molar-refractivity contribution in [2.75, 3.05) is 36.5 Å². The highest BCUT2D eigenvalue weighted by Crippen LogP contribution is 2.11. The maximum Gasteiger partial charge on any atom is 0.238 e. The first kappa shape index (κ1) is 16.9. The molecule has 122 valence electrons. The number of carbonyl (C=O) groups excluding carboxylic acids is 1. The lowest BCUT2D eigenvalue weighted by Gasteiger charge is -2.14. The Kier molecular flexibility index (Phi) is 5.90. The van der Waals surface area contributed by atoms with Gasteiger partial charge in [0.2, 0.25) is 5.91 Å². The molecular weight excluding hydrogens is 306 g/mol. The van der Waals surface area contributed by atoms with Crippen LogP contribution in [0.2, 0.25) is 0 Å². The highest BCUT2D eigenvalue weighted by Gasteiger charge is 2.35. The fourth-order valence-electron chi connectivity index (χ4n) is 2.30. The molecule has 1 aromatic rings. The number of benzene rings is 1. The Hall–Kier alpha value is -1.48. The van der Waals surface area contributed by atoms with Crippen molar-refractivity contribution in [1.82, 2.24) is 10.6 Å².